The third-order valence-corrected chi connectivity index (χ3v) is 6.10. The minimum absolute atomic E-state index is 0.0220. The minimum atomic E-state index is -1.11. The maximum atomic E-state index is 13.4. The summed E-state index contributed by atoms with van der Waals surface area (Å²) < 4.78 is 14.0. The van der Waals surface area contributed by atoms with Gasteiger partial charge in [-0.3, -0.25) is 19.5 Å². The van der Waals surface area contributed by atoms with E-state index in [2.05, 4.69) is 52.4 Å². The predicted octanol–water partition coefficient (Wildman–Crippen LogP) is 2.75. The van der Waals surface area contributed by atoms with Gasteiger partial charge in [-0.15, -0.1) is 0 Å². The predicted molar refractivity (Wildman–Crippen MR) is 140 cm³/mol. The summed E-state index contributed by atoms with van der Waals surface area (Å²) in [7, 11) is 0. The lowest BCUT2D eigenvalue weighted by Crippen LogP contribution is -2.41. The van der Waals surface area contributed by atoms with Gasteiger partial charge in [-0.1, -0.05) is 27.5 Å². The lowest BCUT2D eigenvalue weighted by molar-refractivity contribution is -0.137. The Morgan fingerprint density at radius 1 is 1.24 bits per heavy atom. The molecule has 0 radical (unpaired) electrons. The summed E-state index contributed by atoms with van der Waals surface area (Å²) in [6, 6.07) is 7.14. The van der Waals surface area contributed by atoms with Gasteiger partial charge in [-0.05, 0) is 35.9 Å². The average molecular weight is 595 g/mol. The van der Waals surface area contributed by atoms with Crippen LogP contribution in [-0.2, 0) is 9.59 Å². The van der Waals surface area contributed by atoms with Crippen LogP contribution in [0.5, 0.6) is 0 Å². The molecule has 6 N–H and O–H groups in total. The highest BCUT2D eigenvalue weighted by molar-refractivity contribution is 9.10. The van der Waals surface area contributed by atoms with Gasteiger partial charge in [-0.2, -0.15) is 5.10 Å². The first kappa shape index (κ1) is 26.4. The summed E-state index contributed by atoms with van der Waals surface area (Å²) in [5.74, 6) is -1.88. The SMILES string of the molecule is O=C(O)CC(NC(=O)CNC(=O)c1cc(NC2=NCC(F)CN2)c2cn[nH]c2c1)c1cc(Cl)cc(Br)c1. The Morgan fingerprint density at radius 3 is 2.76 bits per heavy atom. The van der Waals surface area contributed by atoms with Crippen LogP contribution in [0.3, 0.4) is 0 Å². The van der Waals surface area contributed by atoms with Gasteiger partial charge in [0, 0.05) is 20.4 Å². The molecule has 37 heavy (non-hydrogen) atoms. The van der Waals surface area contributed by atoms with E-state index in [1.54, 1.807) is 36.5 Å². The molecule has 1 aliphatic heterocycles. The number of aromatic nitrogens is 2. The van der Waals surface area contributed by atoms with Gasteiger partial charge in [0.15, 0.2) is 5.96 Å². The van der Waals surface area contributed by atoms with E-state index in [-0.39, 0.29) is 25.1 Å². The average Bonchev–Trinajstić information content (AvgIpc) is 3.32. The van der Waals surface area contributed by atoms with Crippen molar-refractivity contribution >= 4 is 67.9 Å². The molecule has 2 atom stereocenters. The fourth-order valence-corrected chi connectivity index (χ4v) is 4.61. The lowest BCUT2D eigenvalue weighted by Gasteiger charge is -2.19. The highest BCUT2D eigenvalue weighted by atomic mass is 79.9. The van der Waals surface area contributed by atoms with Crippen molar-refractivity contribution in [1.29, 1.82) is 0 Å². The summed E-state index contributed by atoms with van der Waals surface area (Å²) in [4.78, 5) is 40.9. The van der Waals surface area contributed by atoms with Crippen LogP contribution in [0.1, 0.15) is 28.4 Å². The van der Waals surface area contributed by atoms with Gasteiger partial charge in [-0.25, -0.2) is 9.38 Å². The summed E-state index contributed by atoms with van der Waals surface area (Å²) in [5.41, 5.74) is 1.80. The number of rotatable bonds is 8. The molecule has 3 aromatic rings. The number of nitrogens with one attached hydrogen (secondary N) is 5. The molecule has 194 valence electrons. The van der Waals surface area contributed by atoms with E-state index in [4.69, 9.17) is 11.6 Å². The summed E-state index contributed by atoms with van der Waals surface area (Å²) in [5, 5.41) is 28.2. The van der Waals surface area contributed by atoms with E-state index in [0.29, 0.717) is 37.6 Å². The molecule has 2 heterocycles. The number of anilines is 1. The van der Waals surface area contributed by atoms with E-state index < -0.39 is 36.5 Å². The second kappa shape index (κ2) is 11.6. The Hall–Kier alpha value is -3.71. The van der Waals surface area contributed by atoms with E-state index in [0.717, 1.165) is 0 Å². The Kier molecular flexibility index (Phi) is 8.24. The fourth-order valence-electron chi connectivity index (χ4n) is 3.73. The zero-order valence-electron chi connectivity index (χ0n) is 19.1. The normalized spacial score (nSPS) is 15.9. The van der Waals surface area contributed by atoms with Crippen LogP contribution in [0.4, 0.5) is 10.1 Å². The monoisotopic (exact) mass is 593 g/mol. The van der Waals surface area contributed by atoms with Crippen LogP contribution in [-0.4, -0.2) is 64.9 Å². The number of carboxylic acids is 1. The Bertz CT molecular complexity index is 1360. The molecule has 0 aliphatic carbocycles. The first-order valence-electron chi connectivity index (χ1n) is 11.1. The molecule has 0 bridgehead atoms. The first-order chi connectivity index (χ1) is 17.7. The van der Waals surface area contributed by atoms with Crippen molar-refractivity contribution in [1.82, 2.24) is 26.1 Å². The maximum Gasteiger partial charge on any atom is 0.305 e. The van der Waals surface area contributed by atoms with Crippen molar-refractivity contribution in [2.45, 2.75) is 18.6 Å². The van der Waals surface area contributed by atoms with Crippen LogP contribution in [0.2, 0.25) is 5.02 Å². The molecule has 0 spiro atoms. The zero-order chi connectivity index (χ0) is 26.5. The number of guanidine groups is 1. The fraction of sp³-hybridized carbons (Fsp3) is 0.261. The number of hydrogen-bond acceptors (Lipinski definition) is 7. The number of amides is 2. The molecule has 11 nitrogen and oxygen atoms in total. The highest BCUT2D eigenvalue weighted by Crippen LogP contribution is 2.26. The van der Waals surface area contributed by atoms with Crippen LogP contribution >= 0.6 is 27.5 Å². The Balaban J connectivity index is 1.44. The summed E-state index contributed by atoms with van der Waals surface area (Å²) in [6.07, 6.45) is 0.127. The van der Waals surface area contributed by atoms with Crippen LogP contribution in [0, 0.1) is 0 Å². The number of carboxylic acid groups (broad SMARTS) is 1. The molecule has 14 heteroatoms. The van der Waals surface area contributed by atoms with Crippen molar-refractivity contribution in [3.05, 3.63) is 57.2 Å². The molecule has 2 aromatic carbocycles. The van der Waals surface area contributed by atoms with Gasteiger partial charge in [0.1, 0.15) is 6.17 Å². The quantitative estimate of drug-likeness (QED) is 0.234. The van der Waals surface area contributed by atoms with Crippen molar-refractivity contribution < 1.29 is 23.9 Å². The number of benzene rings is 2. The summed E-state index contributed by atoms with van der Waals surface area (Å²) >= 11 is 9.37. The number of aliphatic imine (C=N–C) groups is 1. The van der Waals surface area contributed by atoms with Crippen LogP contribution in [0.15, 0.2) is 46.0 Å². The standard InChI is InChI=1S/C23H22BrClFN7O4/c24-13-1-11(2-14(25)5-13)17(6-21(35)36)31-20(34)10-27-22(37)12-3-18(16-9-30-33-19(16)4-12)32-23-28-7-15(26)8-29-23/h1-5,9,15,17H,6-8,10H2,(H,27,37)(H,30,33)(H,31,34)(H,35,36)(H2,28,29,32). The van der Waals surface area contributed by atoms with Gasteiger partial charge in [0.05, 0.1) is 49.5 Å². The van der Waals surface area contributed by atoms with Crippen LogP contribution in [0.25, 0.3) is 10.9 Å². The molecular formula is C23H22BrClFN7O4. The first-order valence-corrected chi connectivity index (χ1v) is 12.3. The zero-order valence-corrected chi connectivity index (χ0v) is 21.5. The smallest absolute Gasteiger partial charge is 0.305 e. The number of carbonyl (C=O) groups is 3. The van der Waals surface area contributed by atoms with Crippen molar-refractivity contribution in [3.8, 4) is 0 Å². The van der Waals surface area contributed by atoms with E-state index in [1.165, 1.54) is 0 Å². The summed E-state index contributed by atoms with van der Waals surface area (Å²) in [6.45, 7) is -0.258. The van der Waals surface area contributed by atoms with E-state index in [9.17, 15) is 23.9 Å². The maximum absolute atomic E-state index is 13.4. The molecule has 0 fully saturated rings. The van der Waals surface area contributed by atoms with Crippen molar-refractivity contribution in [3.63, 3.8) is 0 Å². The molecular weight excluding hydrogens is 573 g/mol. The van der Waals surface area contributed by atoms with Crippen LogP contribution < -0.4 is 21.3 Å². The van der Waals surface area contributed by atoms with Gasteiger partial charge < -0.3 is 26.4 Å². The number of halogens is 3. The second-order valence-electron chi connectivity index (χ2n) is 8.25. The number of alkyl halides is 1. The largest absolute Gasteiger partial charge is 0.481 e. The number of nitrogens with zero attached hydrogens (tertiary/aromatic N) is 2. The lowest BCUT2D eigenvalue weighted by atomic mass is 10.0. The molecule has 4 rings (SSSR count). The third-order valence-electron chi connectivity index (χ3n) is 5.42. The van der Waals surface area contributed by atoms with Gasteiger partial charge in [0.2, 0.25) is 5.91 Å². The number of aliphatic carboxylic acids is 1. The highest BCUT2D eigenvalue weighted by Gasteiger charge is 2.21. The molecule has 0 saturated heterocycles. The topological polar surface area (TPSA) is 161 Å². The van der Waals surface area contributed by atoms with Gasteiger partial charge in [0.25, 0.3) is 5.91 Å². The molecule has 2 amide bonds. The third kappa shape index (κ3) is 6.95. The number of fused-ring (bicyclic) bond motifs is 1. The second-order valence-corrected chi connectivity index (χ2v) is 9.60. The molecule has 1 aliphatic rings. The van der Waals surface area contributed by atoms with Crippen molar-refractivity contribution in [2.24, 2.45) is 4.99 Å². The molecule has 1 aromatic heterocycles. The van der Waals surface area contributed by atoms with Crippen molar-refractivity contribution in [2.75, 3.05) is 25.0 Å². The number of hydrogen-bond donors (Lipinski definition) is 6. The molecule has 2 unspecified atom stereocenters. The van der Waals surface area contributed by atoms with Gasteiger partial charge >= 0.3 is 5.97 Å². The Labute approximate surface area is 223 Å². The van der Waals surface area contributed by atoms with E-state index >= 15 is 0 Å². The molecule has 0 saturated carbocycles. The Morgan fingerprint density at radius 2 is 2.05 bits per heavy atom. The van der Waals surface area contributed by atoms with E-state index in [1.807, 2.05) is 0 Å². The number of aromatic amines is 1. The number of carbonyl (C=O) groups excluding carboxylic acids is 2. The minimum Gasteiger partial charge on any atom is -0.481 e. The number of H-pyrrole nitrogens is 1.